The van der Waals surface area contributed by atoms with Crippen LogP contribution in [-0.4, -0.2) is 40.9 Å². The van der Waals surface area contributed by atoms with Crippen LogP contribution in [0.4, 0.5) is 0 Å². The lowest BCUT2D eigenvalue weighted by Gasteiger charge is -2.27. The Bertz CT molecular complexity index is 391. The second kappa shape index (κ2) is 12.5. The van der Waals surface area contributed by atoms with Gasteiger partial charge in [-0.15, -0.1) is 0 Å². The van der Waals surface area contributed by atoms with Gasteiger partial charge in [-0.1, -0.05) is 57.3 Å². The lowest BCUT2D eigenvalue weighted by atomic mass is 9.85. The number of hydrogen-bond acceptors (Lipinski definition) is 3. The van der Waals surface area contributed by atoms with Crippen LogP contribution in [0.2, 0.25) is 0 Å². The summed E-state index contributed by atoms with van der Waals surface area (Å²) in [5.74, 6) is 0.365. The van der Waals surface area contributed by atoms with Crippen LogP contribution < -0.4 is 0 Å². The van der Waals surface area contributed by atoms with Crippen molar-refractivity contribution in [3.05, 3.63) is 24.4 Å². The zero-order valence-electron chi connectivity index (χ0n) is 16.8. The van der Waals surface area contributed by atoms with Crippen molar-refractivity contribution in [3.8, 4) is 0 Å². The molecule has 0 heterocycles. The van der Waals surface area contributed by atoms with E-state index in [2.05, 4.69) is 24.1 Å². The minimum Gasteiger partial charge on any atom is -0.389 e. The number of rotatable bonds is 13. The van der Waals surface area contributed by atoms with Crippen LogP contribution in [0.5, 0.6) is 0 Å². The molecule has 0 aromatic carbocycles. The Hall–Kier alpha value is -0.800. The normalized spacial score (nSPS) is 25.2. The molecule has 1 aliphatic rings. The molecule has 1 aliphatic carbocycles. The number of aliphatic hydroxyl groups excluding tert-OH is 1. The predicted molar refractivity (Wildman–Crippen MR) is 107 cm³/mol. The average molecular weight is 352 g/mol. The molecule has 1 rings (SSSR count). The molecule has 0 aliphatic heterocycles. The maximum Gasteiger partial charge on any atom is 0.0856 e. The molecule has 0 spiro atoms. The first kappa shape index (κ1) is 22.2. The van der Waals surface area contributed by atoms with Gasteiger partial charge in [0, 0.05) is 14.1 Å². The van der Waals surface area contributed by atoms with Crippen LogP contribution in [0.3, 0.4) is 0 Å². The molecule has 0 aromatic rings. The summed E-state index contributed by atoms with van der Waals surface area (Å²) in [5, 5.41) is 21.0. The summed E-state index contributed by atoms with van der Waals surface area (Å²) in [7, 11) is 4.09. The highest BCUT2D eigenvalue weighted by Gasteiger charge is 2.38. The molecule has 0 saturated heterocycles. The first-order chi connectivity index (χ1) is 12.0. The Kier molecular flexibility index (Phi) is 11.2. The number of allylic oxidation sites excluding steroid dienone is 1. The second-order valence-electron chi connectivity index (χ2n) is 7.99. The molecule has 3 heteroatoms. The summed E-state index contributed by atoms with van der Waals surface area (Å²) in [6.45, 7) is 2.17. The summed E-state index contributed by atoms with van der Waals surface area (Å²) in [6, 6.07) is 0. The third-order valence-corrected chi connectivity index (χ3v) is 5.37. The molecule has 25 heavy (non-hydrogen) atoms. The number of unbranched alkanes of at least 4 members (excludes halogenated alkanes) is 5. The van der Waals surface area contributed by atoms with Crippen LogP contribution in [-0.2, 0) is 0 Å². The lowest BCUT2D eigenvalue weighted by molar-refractivity contribution is 0.0447. The maximum absolute atomic E-state index is 11.0. The standard InChI is InChI=1S/C22H41NO2/c1-4-5-9-15-21(24)16-18-22(25)17-12-14-20(22)13-10-7-6-8-11-19-23(2)3/h11,16,18-21,24-25H,4-10,12-15,17H2,1-3H3. The van der Waals surface area contributed by atoms with E-state index in [0.717, 1.165) is 44.9 Å². The molecule has 3 unspecified atom stereocenters. The van der Waals surface area contributed by atoms with Gasteiger partial charge >= 0.3 is 0 Å². The molecule has 1 saturated carbocycles. The van der Waals surface area contributed by atoms with Gasteiger partial charge in [-0.05, 0) is 57.1 Å². The highest BCUT2D eigenvalue weighted by Crippen LogP contribution is 2.40. The first-order valence-electron chi connectivity index (χ1n) is 10.4. The zero-order chi connectivity index (χ0) is 18.5. The molecule has 0 aromatic heterocycles. The van der Waals surface area contributed by atoms with E-state index in [1.807, 2.05) is 26.2 Å². The SMILES string of the molecule is CCCCCC(O)C=CC1(O)CCCC1CCCCCC=CN(C)C. The fourth-order valence-corrected chi connectivity index (χ4v) is 3.79. The van der Waals surface area contributed by atoms with E-state index in [4.69, 9.17) is 0 Å². The quantitative estimate of drug-likeness (QED) is 0.361. The van der Waals surface area contributed by atoms with E-state index in [9.17, 15) is 10.2 Å². The monoisotopic (exact) mass is 351 g/mol. The Morgan fingerprint density at radius 3 is 2.68 bits per heavy atom. The Labute approximate surface area is 155 Å². The lowest BCUT2D eigenvalue weighted by Crippen LogP contribution is -2.31. The van der Waals surface area contributed by atoms with E-state index in [0.29, 0.717) is 5.92 Å². The second-order valence-corrected chi connectivity index (χ2v) is 7.99. The topological polar surface area (TPSA) is 43.7 Å². The molecule has 0 radical (unpaired) electrons. The summed E-state index contributed by atoms with van der Waals surface area (Å²) in [5.41, 5.74) is -0.684. The van der Waals surface area contributed by atoms with Crippen molar-refractivity contribution in [2.24, 2.45) is 5.92 Å². The van der Waals surface area contributed by atoms with Crippen molar-refractivity contribution in [3.63, 3.8) is 0 Å². The maximum atomic E-state index is 11.0. The minimum absolute atomic E-state index is 0.365. The number of aliphatic hydroxyl groups is 2. The van der Waals surface area contributed by atoms with Gasteiger partial charge in [-0.3, -0.25) is 0 Å². The van der Waals surface area contributed by atoms with E-state index < -0.39 is 11.7 Å². The number of nitrogens with zero attached hydrogens (tertiary/aromatic N) is 1. The molecular formula is C22H41NO2. The van der Waals surface area contributed by atoms with Crippen molar-refractivity contribution >= 4 is 0 Å². The smallest absolute Gasteiger partial charge is 0.0856 e. The van der Waals surface area contributed by atoms with Gasteiger partial charge in [0.25, 0.3) is 0 Å². The molecule has 3 atom stereocenters. The van der Waals surface area contributed by atoms with Gasteiger partial charge in [0.05, 0.1) is 11.7 Å². The van der Waals surface area contributed by atoms with Gasteiger partial charge in [0.2, 0.25) is 0 Å². The van der Waals surface area contributed by atoms with Crippen LogP contribution in [0.25, 0.3) is 0 Å². The van der Waals surface area contributed by atoms with Gasteiger partial charge in [0.1, 0.15) is 0 Å². The molecule has 3 nitrogen and oxygen atoms in total. The molecule has 0 bridgehead atoms. The number of hydrogen-bond donors (Lipinski definition) is 2. The average Bonchev–Trinajstić information content (AvgIpc) is 2.93. The van der Waals surface area contributed by atoms with Gasteiger partial charge < -0.3 is 15.1 Å². The highest BCUT2D eigenvalue weighted by atomic mass is 16.3. The van der Waals surface area contributed by atoms with Crippen molar-refractivity contribution in [1.29, 1.82) is 0 Å². The van der Waals surface area contributed by atoms with Gasteiger partial charge in [0.15, 0.2) is 0 Å². The molecule has 146 valence electrons. The van der Waals surface area contributed by atoms with Crippen molar-refractivity contribution < 1.29 is 10.2 Å². The van der Waals surface area contributed by atoms with Crippen LogP contribution in [0, 0.1) is 5.92 Å². The molecule has 0 amide bonds. The van der Waals surface area contributed by atoms with E-state index in [-0.39, 0.29) is 0 Å². The van der Waals surface area contributed by atoms with Crippen LogP contribution in [0.15, 0.2) is 24.4 Å². The van der Waals surface area contributed by atoms with E-state index in [1.165, 1.54) is 32.1 Å². The third kappa shape index (κ3) is 9.46. The summed E-state index contributed by atoms with van der Waals surface area (Å²) in [6.07, 6.45) is 20.9. The summed E-state index contributed by atoms with van der Waals surface area (Å²) in [4.78, 5) is 2.07. The predicted octanol–water partition coefficient (Wildman–Crippen LogP) is 5.04. The summed E-state index contributed by atoms with van der Waals surface area (Å²) >= 11 is 0. The Morgan fingerprint density at radius 2 is 1.96 bits per heavy atom. The van der Waals surface area contributed by atoms with Crippen molar-refractivity contribution in [1.82, 2.24) is 4.90 Å². The minimum atomic E-state index is -0.684. The Morgan fingerprint density at radius 1 is 1.16 bits per heavy atom. The Balaban J connectivity index is 2.29. The highest BCUT2D eigenvalue weighted by molar-refractivity contribution is 5.09. The van der Waals surface area contributed by atoms with Crippen molar-refractivity contribution in [2.75, 3.05) is 14.1 Å². The van der Waals surface area contributed by atoms with Gasteiger partial charge in [-0.2, -0.15) is 0 Å². The van der Waals surface area contributed by atoms with Crippen LogP contribution in [0.1, 0.15) is 84.0 Å². The van der Waals surface area contributed by atoms with Gasteiger partial charge in [-0.25, -0.2) is 0 Å². The van der Waals surface area contributed by atoms with Crippen molar-refractivity contribution in [2.45, 2.75) is 95.7 Å². The zero-order valence-corrected chi connectivity index (χ0v) is 16.8. The van der Waals surface area contributed by atoms with Crippen LogP contribution >= 0.6 is 0 Å². The van der Waals surface area contributed by atoms with E-state index >= 15 is 0 Å². The van der Waals surface area contributed by atoms with E-state index in [1.54, 1.807) is 0 Å². The first-order valence-corrected chi connectivity index (χ1v) is 10.4. The fourth-order valence-electron chi connectivity index (χ4n) is 3.79. The molecular weight excluding hydrogens is 310 g/mol. The fraction of sp³-hybridized carbons (Fsp3) is 0.818. The largest absolute Gasteiger partial charge is 0.389 e. The molecule has 2 N–H and O–H groups in total. The summed E-state index contributed by atoms with van der Waals surface area (Å²) < 4.78 is 0. The third-order valence-electron chi connectivity index (χ3n) is 5.37. The molecule has 1 fully saturated rings.